The fourth-order valence-corrected chi connectivity index (χ4v) is 3.76. The molecule has 24 heavy (non-hydrogen) atoms. The summed E-state index contributed by atoms with van der Waals surface area (Å²) in [7, 11) is 4.05. The second kappa shape index (κ2) is 6.71. The molecule has 0 radical (unpaired) electrons. The molecule has 0 spiro atoms. The first kappa shape index (κ1) is 18.7. The van der Waals surface area contributed by atoms with Crippen LogP contribution < -0.4 is 5.32 Å². The molecule has 0 saturated heterocycles. The monoisotopic (exact) mass is 333 g/mol. The largest absolute Gasteiger partial charge is 0.354 e. The van der Waals surface area contributed by atoms with E-state index < -0.39 is 0 Å². The number of ketones is 1. The first-order chi connectivity index (χ1) is 11.0. The predicted molar refractivity (Wildman–Crippen MR) is 96.6 cm³/mol. The molecule has 0 bridgehead atoms. The highest BCUT2D eigenvalue weighted by Crippen LogP contribution is 2.36. The lowest BCUT2D eigenvalue weighted by Gasteiger charge is -2.28. The van der Waals surface area contributed by atoms with Crippen molar-refractivity contribution >= 4 is 11.7 Å². The number of rotatable bonds is 5. The van der Waals surface area contributed by atoms with Crippen LogP contribution in [0.3, 0.4) is 0 Å². The van der Waals surface area contributed by atoms with Crippen LogP contribution in [0, 0.1) is 18.3 Å². The Kier molecular flexibility index (Phi) is 5.23. The normalized spacial score (nSPS) is 18.0. The summed E-state index contributed by atoms with van der Waals surface area (Å²) in [6, 6.07) is 0.277. The van der Waals surface area contributed by atoms with Gasteiger partial charge in [0.25, 0.3) is 5.91 Å². The Hall–Kier alpha value is -1.62. The van der Waals surface area contributed by atoms with E-state index in [1.807, 2.05) is 21.0 Å². The molecule has 2 rings (SSSR count). The van der Waals surface area contributed by atoms with E-state index in [0.717, 1.165) is 23.2 Å². The Labute approximate surface area is 145 Å². The molecule has 134 valence electrons. The molecule has 1 aliphatic carbocycles. The van der Waals surface area contributed by atoms with Gasteiger partial charge in [-0.05, 0) is 44.3 Å². The summed E-state index contributed by atoms with van der Waals surface area (Å²) in [6.07, 6.45) is 1.34. The van der Waals surface area contributed by atoms with Gasteiger partial charge in [0, 0.05) is 30.3 Å². The quantitative estimate of drug-likeness (QED) is 0.871. The third kappa shape index (κ3) is 3.72. The number of carbonyl (C=O) groups is 2. The smallest absolute Gasteiger partial charge is 0.268 e. The number of fused-ring (bicyclic) bond motifs is 1. The maximum atomic E-state index is 12.6. The average Bonchev–Trinajstić information content (AvgIpc) is 2.73. The molecular weight excluding hydrogens is 302 g/mol. The highest BCUT2D eigenvalue weighted by Gasteiger charge is 2.35. The Morgan fingerprint density at radius 2 is 1.92 bits per heavy atom. The zero-order valence-corrected chi connectivity index (χ0v) is 16.0. The van der Waals surface area contributed by atoms with E-state index >= 15 is 0 Å². The van der Waals surface area contributed by atoms with Crippen LogP contribution >= 0.6 is 0 Å². The van der Waals surface area contributed by atoms with Crippen molar-refractivity contribution in [3.8, 4) is 0 Å². The minimum absolute atomic E-state index is 0.0528. The Morgan fingerprint density at radius 1 is 1.29 bits per heavy atom. The lowest BCUT2D eigenvalue weighted by Crippen LogP contribution is -2.43. The molecule has 0 aromatic carbocycles. The molecule has 1 heterocycles. The SMILES string of the molecule is Cc1c(C(=O)NC[C@@H](C(C)C)N(C)C)[nH]c2c1C(=O)CC(C)(C)C2. The van der Waals surface area contributed by atoms with Crippen molar-refractivity contribution in [3.05, 3.63) is 22.5 Å². The van der Waals surface area contributed by atoms with Gasteiger partial charge in [-0.2, -0.15) is 0 Å². The topological polar surface area (TPSA) is 65.2 Å². The van der Waals surface area contributed by atoms with Gasteiger partial charge in [-0.15, -0.1) is 0 Å². The molecule has 1 aliphatic rings. The zero-order valence-electron chi connectivity index (χ0n) is 16.0. The fraction of sp³-hybridized carbons (Fsp3) is 0.684. The van der Waals surface area contributed by atoms with E-state index in [-0.39, 0.29) is 23.1 Å². The Balaban J connectivity index is 2.19. The molecule has 5 nitrogen and oxygen atoms in total. The van der Waals surface area contributed by atoms with Crippen LogP contribution in [0.2, 0.25) is 0 Å². The number of nitrogens with zero attached hydrogens (tertiary/aromatic N) is 1. The van der Waals surface area contributed by atoms with Crippen LogP contribution in [-0.2, 0) is 6.42 Å². The summed E-state index contributed by atoms with van der Waals surface area (Å²) in [5.41, 5.74) is 2.91. The predicted octanol–water partition coefficient (Wildman–Crippen LogP) is 2.79. The van der Waals surface area contributed by atoms with Gasteiger partial charge in [0.1, 0.15) is 5.69 Å². The van der Waals surface area contributed by atoms with Crippen molar-refractivity contribution in [1.29, 1.82) is 0 Å². The summed E-state index contributed by atoms with van der Waals surface area (Å²) in [6.45, 7) is 10.9. The van der Waals surface area contributed by atoms with E-state index in [4.69, 9.17) is 0 Å². The molecule has 5 heteroatoms. The number of aromatic nitrogens is 1. The lowest BCUT2D eigenvalue weighted by atomic mass is 9.75. The molecular formula is C19H31N3O2. The van der Waals surface area contributed by atoms with Crippen molar-refractivity contribution in [2.75, 3.05) is 20.6 Å². The molecule has 0 saturated carbocycles. The molecule has 1 amide bonds. The number of H-pyrrole nitrogens is 1. The second-order valence-electron chi connectivity index (χ2n) is 8.40. The highest BCUT2D eigenvalue weighted by molar-refractivity contribution is 6.04. The van der Waals surface area contributed by atoms with E-state index in [1.165, 1.54) is 0 Å². The number of carbonyl (C=O) groups excluding carboxylic acids is 2. The molecule has 1 aromatic heterocycles. The van der Waals surface area contributed by atoms with Crippen LogP contribution in [0.15, 0.2) is 0 Å². The number of hydrogen-bond donors (Lipinski definition) is 2. The standard InChI is InChI=1S/C19H31N3O2/c1-11(2)14(22(6)7)10-20-18(24)17-12(3)16-13(21-17)8-19(4,5)9-15(16)23/h11,14,21H,8-10H2,1-7H3,(H,20,24)/t14-/m0/s1. The molecule has 0 fully saturated rings. The van der Waals surface area contributed by atoms with Gasteiger partial charge in [-0.1, -0.05) is 27.7 Å². The van der Waals surface area contributed by atoms with Crippen molar-refractivity contribution < 1.29 is 9.59 Å². The minimum atomic E-state index is -0.125. The van der Waals surface area contributed by atoms with Gasteiger partial charge in [0.05, 0.1) is 0 Å². The molecule has 1 aromatic rings. The number of hydrogen-bond acceptors (Lipinski definition) is 3. The Bertz CT molecular complexity index is 633. The maximum Gasteiger partial charge on any atom is 0.268 e. The van der Waals surface area contributed by atoms with Crippen molar-refractivity contribution in [2.45, 2.75) is 53.5 Å². The summed E-state index contributed by atoms with van der Waals surface area (Å²) in [5.74, 6) is 0.461. The third-order valence-electron chi connectivity index (χ3n) is 5.03. The number of likely N-dealkylation sites (N-methyl/N-ethyl adjacent to an activating group) is 1. The van der Waals surface area contributed by atoms with Gasteiger partial charge in [-0.25, -0.2) is 0 Å². The van der Waals surface area contributed by atoms with Crippen LogP contribution in [0.1, 0.15) is 66.2 Å². The first-order valence-corrected chi connectivity index (χ1v) is 8.72. The van der Waals surface area contributed by atoms with Crippen LogP contribution in [0.4, 0.5) is 0 Å². The first-order valence-electron chi connectivity index (χ1n) is 8.72. The van der Waals surface area contributed by atoms with Gasteiger partial charge < -0.3 is 15.2 Å². The Morgan fingerprint density at radius 3 is 2.46 bits per heavy atom. The summed E-state index contributed by atoms with van der Waals surface area (Å²) in [5, 5.41) is 3.02. The number of amides is 1. The van der Waals surface area contributed by atoms with Crippen molar-refractivity contribution in [1.82, 2.24) is 15.2 Å². The van der Waals surface area contributed by atoms with Gasteiger partial charge in [0.2, 0.25) is 0 Å². The molecule has 1 atom stereocenters. The number of Topliss-reactive ketones (excluding diaryl/α,β-unsaturated/α-hetero) is 1. The minimum Gasteiger partial charge on any atom is -0.354 e. The number of nitrogens with one attached hydrogen (secondary N) is 2. The van der Waals surface area contributed by atoms with Crippen LogP contribution in [0.25, 0.3) is 0 Å². The lowest BCUT2D eigenvalue weighted by molar-refractivity contribution is 0.0908. The van der Waals surface area contributed by atoms with Gasteiger partial charge in [0.15, 0.2) is 5.78 Å². The zero-order chi connectivity index (χ0) is 18.2. The third-order valence-corrected chi connectivity index (χ3v) is 5.03. The van der Waals surface area contributed by atoms with Gasteiger partial charge >= 0.3 is 0 Å². The summed E-state index contributed by atoms with van der Waals surface area (Å²) < 4.78 is 0. The van der Waals surface area contributed by atoms with Gasteiger partial charge in [-0.3, -0.25) is 9.59 Å². The summed E-state index contributed by atoms with van der Waals surface area (Å²) >= 11 is 0. The second-order valence-corrected chi connectivity index (χ2v) is 8.40. The van der Waals surface area contributed by atoms with Crippen LogP contribution in [0.5, 0.6) is 0 Å². The van der Waals surface area contributed by atoms with E-state index in [2.05, 4.69) is 42.9 Å². The molecule has 2 N–H and O–H groups in total. The highest BCUT2D eigenvalue weighted by atomic mass is 16.2. The van der Waals surface area contributed by atoms with E-state index in [0.29, 0.717) is 24.6 Å². The van der Waals surface area contributed by atoms with Crippen molar-refractivity contribution in [3.63, 3.8) is 0 Å². The molecule has 0 unspecified atom stereocenters. The van der Waals surface area contributed by atoms with Crippen LogP contribution in [-0.4, -0.2) is 48.3 Å². The van der Waals surface area contributed by atoms with E-state index in [9.17, 15) is 9.59 Å². The molecule has 0 aliphatic heterocycles. The summed E-state index contributed by atoms with van der Waals surface area (Å²) in [4.78, 5) is 30.4. The fourth-order valence-electron chi connectivity index (χ4n) is 3.76. The maximum absolute atomic E-state index is 12.6. The number of aromatic amines is 1. The van der Waals surface area contributed by atoms with E-state index in [1.54, 1.807) is 0 Å². The van der Waals surface area contributed by atoms with Crippen molar-refractivity contribution in [2.24, 2.45) is 11.3 Å². The average molecular weight is 333 g/mol.